The van der Waals surface area contributed by atoms with Crippen molar-refractivity contribution < 1.29 is 4.52 Å². The molecule has 0 radical (unpaired) electrons. The van der Waals surface area contributed by atoms with Gasteiger partial charge in [-0.15, -0.1) is 11.3 Å². The maximum atomic E-state index is 5.96. The number of thiophene rings is 1. The maximum Gasteiger partial charge on any atom is 0.243 e. The van der Waals surface area contributed by atoms with Gasteiger partial charge in [0.25, 0.3) is 0 Å². The summed E-state index contributed by atoms with van der Waals surface area (Å²) in [6.45, 7) is 0. The van der Waals surface area contributed by atoms with Gasteiger partial charge in [-0.2, -0.15) is 16.7 Å². The zero-order chi connectivity index (χ0) is 12.3. The van der Waals surface area contributed by atoms with Crippen molar-refractivity contribution in [3.63, 3.8) is 0 Å². The van der Waals surface area contributed by atoms with Crippen LogP contribution in [0.5, 0.6) is 0 Å². The summed E-state index contributed by atoms with van der Waals surface area (Å²) < 4.78 is 6.23. The molecule has 0 fully saturated rings. The average Bonchev–Trinajstić information content (AvgIpc) is 2.93. The molecule has 0 saturated heterocycles. The molecule has 2 aromatic heterocycles. The Hall–Kier alpha value is -0.370. The smallest absolute Gasteiger partial charge is 0.243 e. The lowest BCUT2D eigenvalue weighted by molar-refractivity contribution is 0.353. The Morgan fingerprint density at radius 2 is 2.41 bits per heavy atom. The van der Waals surface area contributed by atoms with Crippen molar-refractivity contribution in [2.24, 2.45) is 5.73 Å². The second-order valence-corrected chi connectivity index (χ2v) is 6.90. The molecule has 1 unspecified atom stereocenters. The highest BCUT2D eigenvalue weighted by Crippen LogP contribution is 2.30. The second-order valence-electron chi connectivity index (χ2n) is 3.45. The van der Waals surface area contributed by atoms with Gasteiger partial charge in [0.1, 0.15) is 0 Å². The van der Waals surface area contributed by atoms with Crippen molar-refractivity contribution >= 4 is 39.0 Å². The molecule has 0 aromatic carbocycles. The molecular weight excluding hydrogens is 322 g/mol. The molecule has 7 heteroatoms. The quantitative estimate of drug-likeness (QED) is 0.909. The van der Waals surface area contributed by atoms with E-state index in [2.05, 4.69) is 32.3 Å². The Morgan fingerprint density at radius 1 is 1.59 bits per heavy atom. The monoisotopic (exact) mass is 333 g/mol. The van der Waals surface area contributed by atoms with Gasteiger partial charge in [-0.3, -0.25) is 0 Å². The van der Waals surface area contributed by atoms with Gasteiger partial charge >= 0.3 is 0 Å². The molecule has 0 aliphatic rings. The van der Waals surface area contributed by atoms with Gasteiger partial charge < -0.3 is 10.3 Å². The van der Waals surface area contributed by atoms with Crippen molar-refractivity contribution in [3.05, 3.63) is 21.8 Å². The lowest BCUT2D eigenvalue weighted by Crippen LogP contribution is -2.11. The van der Waals surface area contributed by atoms with Gasteiger partial charge in [-0.25, -0.2) is 0 Å². The first kappa shape index (κ1) is 13.1. The molecule has 17 heavy (non-hydrogen) atoms. The Balaban J connectivity index is 2.10. The molecule has 0 bridgehead atoms. The minimum atomic E-state index is -0.174. The number of halogens is 1. The second kappa shape index (κ2) is 5.99. The first-order chi connectivity index (χ1) is 8.20. The van der Waals surface area contributed by atoms with Crippen LogP contribution in [0.2, 0.25) is 0 Å². The molecule has 92 valence electrons. The maximum absolute atomic E-state index is 5.96. The standard InChI is InChI=1S/C10H12BrN3OS2/c1-16-5-4-6(12)10-13-9(14-15-10)7-2-3-8(11)17-7/h2-3,6H,4-5,12H2,1H3. The van der Waals surface area contributed by atoms with Crippen LogP contribution in [0.1, 0.15) is 18.4 Å². The first-order valence-electron chi connectivity index (χ1n) is 5.04. The topological polar surface area (TPSA) is 64.9 Å². The third kappa shape index (κ3) is 3.31. The number of nitrogens with zero attached hydrogens (tertiary/aromatic N) is 2. The van der Waals surface area contributed by atoms with Crippen LogP contribution in [0, 0.1) is 0 Å². The van der Waals surface area contributed by atoms with Gasteiger partial charge in [0.15, 0.2) is 0 Å². The van der Waals surface area contributed by atoms with E-state index >= 15 is 0 Å². The van der Waals surface area contributed by atoms with Gasteiger partial charge in [-0.1, -0.05) is 5.16 Å². The van der Waals surface area contributed by atoms with Gasteiger partial charge in [-0.05, 0) is 46.5 Å². The number of nitrogens with two attached hydrogens (primary N) is 1. The summed E-state index contributed by atoms with van der Waals surface area (Å²) in [5.41, 5.74) is 5.96. The predicted octanol–water partition coefficient (Wildman–Crippen LogP) is 3.31. The highest BCUT2D eigenvalue weighted by molar-refractivity contribution is 9.11. The Morgan fingerprint density at radius 3 is 3.06 bits per heavy atom. The number of rotatable bonds is 5. The molecule has 2 rings (SSSR count). The van der Waals surface area contributed by atoms with Crippen LogP contribution in [0.25, 0.3) is 10.7 Å². The average molecular weight is 334 g/mol. The molecule has 0 amide bonds. The van der Waals surface area contributed by atoms with Crippen LogP contribution in [0.3, 0.4) is 0 Å². The van der Waals surface area contributed by atoms with Crippen molar-refractivity contribution in [1.82, 2.24) is 10.1 Å². The highest BCUT2D eigenvalue weighted by Gasteiger charge is 2.16. The van der Waals surface area contributed by atoms with E-state index in [1.165, 1.54) is 0 Å². The third-order valence-electron chi connectivity index (χ3n) is 2.19. The number of thioether (sulfide) groups is 1. The van der Waals surface area contributed by atoms with E-state index in [4.69, 9.17) is 10.3 Å². The van der Waals surface area contributed by atoms with E-state index in [-0.39, 0.29) is 6.04 Å². The Kier molecular flexibility index (Phi) is 4.61. The van der Waals surface area contributed by atoms with Crippen LogP contribution in [0.15, 0.2) is 20.4 Å². The van der Waals surface area contributed by atoms with E-state index in [9.17, 15) is 0 Å². The van der Waals surface area contributed by atoms with E-state index in [0.717, 1.165) is 20.8 Å². The van der Waals surface area contributed by atoms with Gasteiger partial charge in [0.2, 0.25) is 11.7 Å². The van der Waals surface area contributed by atoms with Crippen LogP contribution in [-0.4, -0.2) is 22.1 Å². The minimum absolute atomic E-state index is 0.174. The normalized spacial score (nSPS) is 12.9. The Bertz CT molecular complexity index is 485. The summed E-state index contributed by atoms with van der Waals surface area (Å²) in [6.07, 6.45) is 2.89. The van der Waals surface area contributed by atoms with Gasteiger partial charge in [0, 0.05) is 0 Å². The molecule has 2 heterocycles. The van der Waals surface area contributed by atoms with Crippen molar-refractivity contribution in [1.29, 1.82) is 0 Å². The van der Waals surface area contributed by atoms with E-state index in [0.29, 0.717) is 11.7 Å². The molecule has 1 atom stereocenters. The van der Waals surface area contributed by atoms with Crippen LogP contribution in [-0.2, 0) is 0 Å². The largest absolute Gasteiger partial charge is 0.337 e. The molecule has 0 aliphatic heterocycles. The van der Waals surface area contributed by atoms with Crippen LogP contribution in [0.4, 0.5) is 0 Å². The molecule has 0 spiro atoms. The van der Waals surface area contributed by atoms with Crippen LogP contribution >= 0.6 is 39.0 Å². The summed E-state index contributed by atoms with van der Waals surface area (Å²) in [7, 11) is 0. The fourth-order valence-electron chi connectivity index (χ4n) is 1.29. The molecular formula is C10H12BrN3OS2. The lowest BCUT2D eigenvalue weighted by atomic mass is 10.2. The summed E-state index contributed by atoms with van der Waals surface area (Å²) in [5.74, 6) is 2.11. The minimum Gasteiger partial charge on any atom is -0.337 e. The summed E-state index contributed by atoms with van der Waals surface area (Å²) >= 11 is 6.73. The fourth-order valence-corrected chi connectivity index (χ4v) is 3.09. The zero-order valence-corrected chi connectivity index (χ0v) is 12.4. The van der Waals surface area contributed by atoms with Crippen LogP contribution < -0.4 is 5.73 Å². The third-order valence-corrected chi connectivity index (χ3v) is 4.45. The fraction of sp³-hybridized carbons (Fsp3) is 0.400. The molecule has 2 N–H and O–H groups in total. The van der Waals surface area contributed by atoms with E-state index < -0.39 is 0 Å². The SMILES string of the molecule is CSCCC(N)c1nc(-c2ccc(Br)s2)no1. The molecule has 2 aromatic rings. The first-order valence-corrected chi connectivity index (χ1v) is 8.05. The zero-order valence-electron chi connectivity index (χ0n) is 9.22. The Labute approximate surface area is 116 Å². The summed E-state index contributed by atoms with van der Waals surface area (Å²) in [4.78, 5) is 5.30. The van der Waals surface area contributed by atoms with Crippen molar-refractivity contribution in [3.8, 4) is 10.7 Å². The van der Waals surface area contributed by atoms with E-state index in [1.807, 2.05) is 12.1 Å². The summed E-state index contributed by atoms with van der Waals surface area (Å²) in [6, 6.07) is 3.74. The molecule has 0 saturated carbocycles. The molecule has 0 aliphatic carbocycles. The van der Waals surface area contributed by atoms with Crippen molar-refractivity contribution in [2.45, 2.75) is 12.5 Å². The number of hydrogen-bond donors (Lipinski definition) is 1. The van der Waals surface area contributed by atoms with Crippen molar-refractivity contribution in [2.75, 3.05) is 12.0 Å². The van der Waals surface area contributed by atoms with Gasteiger partial charge in [0.05, 0.1) is 14.7 Å². The summed E-state index contributed by atoms with van der Waals surface area (Å²) in [5, 5.41) is 3.95. The number of hydrogen-bond acceptors (Lipinski definition) is 6. The van der Waals surface area contributed by atoms with E-state index in [1.54, 1.807) is 23.1 Å². The predicted molar refractivity (Wildman–Crippen MR) is 75.2 cm³/mol. The lowest BCUT2D eigenvalue weighted by Gasteiger charge is -2.03. The number of aromatic nitrogens is 2. The molecule has 4 nitrogen and oxygen atoms in total. The highest BCUT2D eigenvalue weighted by atomic mass is 79.9.